The summed E-state index contributed by atoms with van der Waals surface area (Å²) >= 11 is 1.57. The maximum atomic E-state index is 13.1. The highest BCUT2D eigenvalue weighted by Gasteiger charge is 2.22. The number of aromatic nitrogens is 5. The Morgan fingerprint density at radius 1 is 1.18 bits per heavy atom. The number of thiazole rings is 1. The number of hydrogen-bond acceptors (Lipinski definition) is 7. The highest BCUT2D eigenvalue weighted by atomic mass is 32.1. The summed E-state index contributed by atoms with van der Waals surface area (Å²) < 4.78 is 6.69. The number of carbonyl (C=O) groups is 1. The van der Waals surface area contributed by atoms with Crippen LogP contribution in [0.5, 0.6) is 5.75 Å². The number of carbonyl (C=O) groups excluding carboxylic acids is 1. The number of hydrogen-bond donors (Lipinski definition) is 0. The van der Waals surface area contributed by atoms with Crippen molar-refractivity contribution in [3.8, 4) is 17.6 Å². The Kier molecular flexibility index (Phi) is 5.96. The number of methoxy groups -OCH3 is 1. The molecule has 7 nitrogen and oxygen atoms in total. The first-order chi connectivity index (χ1) is 16.2. The number of benzene rings is 2. The molecule has 2 heterocycles. The van der Waals surface area contributed by atoms with E-state index in [1.807, 2.05) is 36.4 Å². The molecule has 0 aliphatic heterocycles. The summed E-state index contributed by atoms with van der Waals surface area (Å²) in [5.74, 6) is 7.55. The molecule has 0 radical (unpaired) electrons. The molecule has 0 spiro atoms. The molecule has 1 aliphatic carbocycles. The van der Waals surface area contributed by atoms with Gasteiger partial charge in [-0.15, -0.1) is 16.4 Å². The SMILES string of the molecule is COc1ccc(Cn2nnnc2C(=O)c2cccc(C#Cc3nc(C4CCC4)cs3)c2)cc1. The van der Waals surface area contributed by atoms with Crippen LogP contribution in [0.15, 0.2) is 53.9 Å². The van der Waals surface area contributed by atoms with E-state index in [9.17, 15) is 4.79 Å². The lowest BCUT2D eigenvalue weighted by atomic mass is 9.83. The summed E-state index contributed by atoms with van der Waals surface area (Å²) in [5, 5.41) is 14.6. The molecule has 5 rings (SSSR count). The van der Waals surface area contributed by atoms with Crippen molar-refractivity contribution in [1.29, 1.82) is 0 Å². The third kappa shape index (κ3) is 4.69. The lowest BCUT2D eigenvalue weighted by molar-refractivity contribution is 0.102. The molecule has 0 bridgehead atoms. The number of ketones is 1. The molecule has 1 aliphatic rings. The molecule has 0 unspecified atom stereocenters. The minimum absolute atomic E-state index is 0.181. The minimum atomic E-state index is -0.251. The molecule has 0 amide bonds. The van der Waals surface area contributed by atoms with Gasteiger partial charge in [0.05, 0.1) is 19.3 Å². The average molecular weight is 456 g/mol. The molecule has 0 N–H and O–H groups in total. The fraction of sp³-hybridized carbons (Fsp3) is 0.240. The van der Waals surface area contributed by atoms with E-state index in [0.717, 1.165) is 27.6 Å². The standard InChI is InChI=1S/C25H21N5O2S/c1-32-21-11-8-18(9-12-21)15-30-25(27-28-29-30)24(31)20-7-2-4-17(14-20)10-13-23-26-22(16-33-23)19-5-3-6-19/h2,4,7-9,11-12,14,16,19H,3,5-6,15H2,1H3. The zero-order valence-corrected chi connectivity index (χ0v) is 18.9. The second kappa shape index (κ2) is 9.35. The topological polar surface area (TPSA) is 82.8 Å². The Bertz CT molecular complexity index is 1340. The second-order valence-corrected chi connectivity index (χ2v) is 8.73. The number of tetrazole rings is 1. The first kappa shape index (κ1) is 21.0. The van der Waals surface area contributed by atoms with E-state index in [1.165, 1.54) is 23.9 Å². The first-order valence-electron chi connectivity index (χ1n) is 10.7. The van der Waals surface area contributed by atoms with Gasteiger partial charge in [-0.1, -0.05) is 36.6 Å². The van der Waals surface area contributed by atoms with Crippen LogP contribution in [0, 0.1) is 11.8 Å². The van der Waals surface area contributed by atoms with Crippen molar-refractivity contribution >= 4 is 17.1 Å². The van der Waals surface area contributed by atoms with Crippen molar-refractivity contribution in [2.24, 2.45) is 0 Å². The summed E-state index contributed by atoms with van der Waals surface area (Å²) in [6.45, 7) is 0.380. The van der Waals surface area contributed by atoms with Gasteiger partial charge < -0.3 is 4.74 Å². The van der Waals surface area contributed by atoms with E-state index in [-0.39, 0.29) is 11.6 Å². The molecule has 0 atom stereocenters. The van der Waals surface area contributed by atoms with Crippen LogP contribution in [-0.4, -0.2) is 38.1 Å². The van der Waals surface area contributed by atoms with Crippen molar-refractivity contribution in [3.63, 3.8) is 0 Å². The van der Waals surface area contributed by atoms with E-state index < -0.39 is 0 Å². The largest absolute Gasteiger partial charge is 0.497 e. The molecule has 8 heteroatoms. The van der Waals surface area contributed by atoms with Crippen LogP contribution in [0.3, 0.4) is 0 Å². The fourth-order valence-corrected chi connectivity index (χ4v) is 4.35. The molecule has 4 aromatic rings. The summed E-state index contributed by atoms with van der Waals surface area (Å²) in [7, 11) is 1.62. The van der Waals surface area contributed by atoms with Crippen LogP contribution < -0.4 is 4.74 Å². The smallest absolute Gasteiger partial charge is 0.231 e. The molecule has 33 heavy (non-hydrogen) atoms. The summed E-state index contributed by atoms with van der Waals surface area (Å²) in [4.78, 5) is 17.8. The monoisotopic (exact) mass is 455 g/mol. The molecule has 164 valence electrons. The van der Waals surface area contributed by atoms with E-state index in [4.69, 9.17) is 4.74 Å². The lowest BCUT2D eigenvalue weighted by Crippen LogP contribution is -2.13. The third-order valence-corrected chi connectivity index (χ3v) is 6.49. The number of ether oxygens (including phenoxy) is 1. The van der Waals surface area contributed by atoms with Gasteiger partial charge in [0.15, 0.2) is 5.01 Å². The normalized spacial score (nSPS) is 13.1. The van der Waals surface area contributed by atoms with Gasteiger partial charge in [0.25, 0.3) is 0 Å². The zero-order chi connectivity index (χ0) is 22.6. The molecule has 1 fully saturated rings. The zero-order valence-electron chi connectivity index (χ0n) is 18.1. The summed E-state index contributed by atoms with van der Waals surface area (Å²) in [6.07, 6.45) is 3.73. The summed E-state index contributed by atoms with van der Waals surface area (Å²) in [6, 6.07) is 14.8. The van der Waals surface area contributed by atoms with Gasteiger partial charge in [0, 0.05) is 22.4 Å². The van der Waals surface area contributed by atoms with Crippen LogP contribution in [0.2, 0.25) is 0 Å². The lowest BCUT2D eigenvalue weighted by Gasteiger charge is -2.22. The fourth-order valence-electron chi connectivity index (χ4n) is 3.61. The summed E-state index contributed by atoms with van der Waals surface area (Å²) in [5.41, 5.74) is 3.35. The second-order valence-electron chi connectivity index (χ2n) is 7.87. The number of nitrogens with zero attached hydrogens (tertiary/aromatic N) is 5. The Hall–Kier alpha value is -3.83. The van der Waals surface area contributed by atoms with Gasteiger partial charge in [-0.3, -0.25) is 4.79 Å². The van der Waals surface area contributed by atoms with Crippen LogP contribution in [0.4, 0.5) is 0 Å². The van der Waals surface area contributed by atoms with Gasteiger partial charge in [0.2, 0.25) is 11.6 Å². The molecule has 2 aromatic heterocycles. The van der Waals surface area contributed by atoms with E-state index in [1.54, 1.807) is 30.6 Å². The highest BCUT2D eigenvalue weighted by Crippen LogP contribution is 2.36. The molecule has 0 saturated heterocycles. The van der Waals surface area contributed by atoms with Crippen LogP contribution >= 0.6 is 11.3 Å². The third-order valence-electron chi connectivity index (χ3n) is 5.71. The van der Waals surface area contributed by atoms with Crippen molar-refractivity contribution in [2.45, 2.75) is 31.7 Å². The van der Waals surface area contributed by atoms with E-state index in [0.29, 0.717) is 18.0 Å². The Morgan fingerprint density at radius 2 is 2.03 bits per heavy atom. The maximum Gasteiger partial charge on any atom is 0.231 e. The number of rotatable bonds is 6. The van der Waals surface area contributed by atoms with Crippen molar-refractivity contribution in [3.05, 3.63) is 87.1 Å². The molecular weight excluding hydrogens is 434 g/mol. The molecule has 2 aromatic carbocycles. The van der Waals surface area contributed by atoms with Crippen LogP contribution in [0.1, 0.15) is 63.2 Å². The van der Waals surface area contributed by atoms with Crippen molar-refractivity contribution < 1.29 is 9.53 Å². The van der Waals surface area contributed by atoms with Gasteiger partial charge in [-0.2, -0.15) is 0 Å². The maximum absolute atomic E-state index is 13.1. The predicted octanol–water partition coefficient (Wildman–Crippen LogP) is 4.08. The van der Waals surface area contributed by atoms with E-state index in [2.05, 4.69) is 37.7 Å². The van der Waals surface area contributed by atoms with Gasteiger partial charge in [-0.25, -0.2) is 9.67 Å². The Labute approximate surface area is 195 Å². The minimum Gasteiger partial charge on any atom is -0.497 e. The van der Waals surface area contributed by atoms with E-state index >= 15 is 0 Å². The predicted molar refractivity (Wildman–Crippen MR) is 124 cm³/mol. The van der Waals surface area contributed by atoms with Crippen molar-refractivity contribution in [1.82, 2.24) is 25.2 Å². The van der Waals surface area contributed by atoms with Gasteiger partial charge in [0.1, 0.15) is 5.75 Å². The Balaban J connectivity index is 1.32. The van der Waals surface area contributed by atoms with Crippen molar-refractivity contribution in [2.75, 3.05) is 7.11 Å². The molecular formula is C25H21N5O2S. The van der Waals surface area contributed by atoms with Gasteiger partial charge in [-0.05, 0) is 59.0 Å². The average Bonchev–Trinajstić information content (AvgIpc) is 3.46. The first-order valence-corrected chi connectivity index (χ1v) is 11.6. The molecule has 1 saturated carbocycles. The van der Waals surface area contributed by atoms with Crippen LogP contribution in [-0.2, 0) is 6.54 Å². The quantitative estimate of drug-likeness (QED) is 0.322. The Morgan fingerprint density at radius 3 is 2.79 bits per heavy atom. The highest BCUT2D eigenvalue weighted by molar-refractivity contribution is 7.10. The van der Waals surface area contributed by atoms with Gasteiger partial charge >= 0.3 is 0 Å². The van der Waals surface area contributed by atoms with Crippen LogP contribution in [0.25, 0.3) is 0 Å².